The largest absolute Gasteiger partial charge is 0.481 e. The standard InChI is InChI=1S/C27H39Cl2NO4/c1-2-3-5-19-14-23(28)21(24(29)15-19)17-33-20-7-8-22-25(16-20)34-18-27(22)9-12-30(13-10-27)11-4-6-26(31)32/h14-15,20,22,25H,2-13,16-18H2,1H3,(H,31,32). The van der Waals surface area contributed by atoms with Gasteiger partial charge in [-0.25, -0.2) is 0 Å². The van der Waals surface area contributed by atoms with Crippen LogP contribution in [0.1, 0.15) is 75.8 Å². The highest BCUT2D eigenvalue weighted by Crippen LogP contribution is 2.52. The highest BCUT2D eigenvalue weighted by molar-refractivity contribution is 6.36. The molecule has 2 heterocycles. The maximum Gasteiger partial charge on any atom is 0.303 e. The first-order valence-corrected chi connectivity index (χ1v) is 13.8. The molecular weight excluding hydrogens is 473 g/mol. The Morgan fingerprint density at radius 2 is 1.94 bits per heavy atom. The second-order valence-electron chi connectivity index (χ2n) is 10.5. The van der Waals surface area contributed by atoms with Crippen LogP contribution in [-0.2, 0) is 27.3 Å². The van der Waals surface area contributed by atoms with Crippen LogP contribution in [0.15, 0.2) is 12.1 Å². The van der Waals surface area contributed by atoms with Gasteiger partial charge in [-0.2, -0.15) is 0 Å². The van der Waals surface area contributed by atoms with Gasteiger partial charge in [-0.3, -0.25) is 4.79 Å². The SMILES string of the molecule is CCCCc1cc(Cl)c(COC2CCC3C(C2)OCC32CCN(CCCC(=O)O)CC2)c(Cl)c1. The van der Waals surface area contributed by atoms with Crippen LogP contribution in [0.25, 0.3) is 0 Å². The van der Waals surface area contributed by atoms with Crippen LogP contribution in [-0.4, -0.2) is 54.4 Å². The van der Waals surface area contributed by atoms with Crippen molar-refractivity contribution < 1.29 is 19.4 Å². The van der Waals surface area contributed by atoms with E-state index >= 15 is 0 Å². The molecule has 0 aromatic heterocycles. The van der Waals surface area contributed by atoms with Gasteiger partial charge in [0.25, 0.3) is 0 Å². The number of likely N-dealkylation sites (tertiary alicyclic amines) is 1. The van der Waals surface area contributed by atoms with Crippen molar-refractivity contribution in [2.75, 3.05) is 26.2 Å². The number of aryl methyl sites for hydroxylation is 1. The summed E-state index contributed by atoms with van der Waals surface area (Å²) < 4.78 is 12.7. The van der Waals surface area contributed by atoms with E-state index in [0.29, 0.717) is 28.0 Å². The van der Waals surface area contributed by atoms with Gasteiger partial charge >= 0.3 is 5.97 Å². The predicted molar refractivity (Wildman–Crippen MR) is 136 cm³/mol. The molecule has 1 aliphatic carbocycles. The molecule has 3 aliphatic rings. The summed E-state index contributed by atoms with van der Waals surface area (Å²) in [6, 6.07) is 4.08. The highest BCUT2D eigenvalue weighted by Gasteiger charge is 2.52. The Morgan fingerprint density at radius 3 is 2.62 bits per heavy atom. The number of carboxylic acid groups (broad SMARTS) is 1. The quantitative estimate of drug-likeness (QED) is 0.395. The van der Waals surface area contributed by atoms with Crippen molar-refractivity contribution in [3.63, 3.8) is 0 Å². The smallest absolute Gasteiger partial charge is 0.303 e. The molecule has 0 radical (unpaired) electrons. The van der Waals surface area contributed by atoms with Gasteiger partial charge in [0.1, 0.15) is 0 Å². The zero-order valence-electron chi connectivity index (χ0n) is 20.4. The van der Waals surface area contributed by atoms with E-state index in [1.807, 2.05) is 12.1 Å². The molecule has 3 atom stereocenters. The summed E-state index contributed by atoms with van der Waals surface area (Å²) in [5.74, 6) is -0.0911. The average Bonchev–Trinajstić information content (AvgIpc) is 3.15. The summed E-state index contributed by atoms with van der Waals surface area (Å²) in [6.45, 7) is 6.48. The van der Waals surface area contributed by atoms with Gasteiger partial charge in [0.2, 0.25) is 0 Å². The Hall–Kier alpha value is -0.850. The molecular formula is C27H39Cl2NO4. The second-order valence-corrected chi connectivity index (χ2v) is 11.4. The fourth-order valence-corrected chi connectivity index (χ4v) is 6.86. The van der Waals surface area contributed by atoms with E-state index in [-0.39, 0.29) is 18.6 Å². The molecule has 2 saturated heterocycles. The number of unbranched alkanes of at least 4 members (excludes halogenated alkanes) is 1. The van der Waals surface area contributed by atoms with Crippen LogP contribution < -0.4 is 0 Å². The third-order valence-corrected chi connectivity index (χ3v) is 8.99. The fourth-order valence-electron chi connectivity index (χ4n) is 6.22. The average molecular weight is 513 g/mol. The predicted octanol–water partition coefficient (Wildman–Crippen LogP) is 6.37. The van der Waals surface area contributed by atoms with Gasteiger partial charge in [-0.1, -0.05) is 36.5 Å². The molecule has 0 amide bonds. The second kappa shape index (κ2) is 11.9. The first-order chi connectivity index (χ1) is 16.4. The van der Waals surface area contributed by atoms with Crippen LogP contribution in [0.3, 0.4) is 0 Å². The van der Waals surface area contributed by atoms with Crippen molar-refractivity contribution in [1.82, 2.24) is 4.90 Å². The maximum absolute atomic E-state index is 10.8. The monoisotopic (exact) mass is 511 g/mol. The van der Waals surface area contributed by atoms with E-state index in [2.05, 4.69) is 11.8 Å². The van der Waals surface area contributed by atoms with E-state index in [4.69, 9.17) is 37.8 Å². The van der Waals surface area contributed by atoms with E-state index in [9.17, 15) is 4.79 Å². The Kier molecular flexibility index (Phi) is 9.20. The molecule has 1 spiro atoms. The first kappa shape index (κ1) is 26.2. The van der Waals surface area contributed by atoms with Crippen LogP contribution >= 0.6 is 23.2 Å². The summed E-state index contributed by atoms with van der Waals surface area (Å²) in [5, 5.41) is 10.3. The summed E-state index contributed by atoms with van der Waals surface area (Å²) in [7, 11) is 0. The minimum Gasteiger partial charge on any atom is -0.481 e. The number of hydrogen-bond acceptors (Lipinski definition) is 4. The lowest BCUT2D eigenvalue weighted by Gasteiger charge is -2.44. The van der Waals surface area contributed by atoms with Crippen molar-refractivity contribution >= 4 is 29.2 Å². The number of hydrogen-bond donors (Lipinski definition) is 1. The number of ether oxygens (including phenoxy) is 2. The van der Waals surface area contributed by atoms with Crippen molar-refractivity contribution in [3.8, 4) is 0 Å². The van der Waals surface area contributed by atoms with Gasteiger partial charge in [-0.05, 0) is 88.2 Å². The summed E-state index contributed by atoms with van der Waals surface area (Å²) in [6.07, 6.45) is 10.2. The maximum atomic E-state index is 10.8. The lowest BCUT2D eigenvalue weighted by Crippen LogP contribution is -2.46. The van der Waals surface area contributed by atoms with Crippen LogP contribution in [0, 0.1) is 11.3 Å². The molecule has 4 rings (SSSR count). The van der Waals surface area contributed by atoms with E-state index < -0.39 is 5.97 Å². The Bertz CT molecular complexity index is 817. The number of halogens is 2. The number of benzene rings is 1. The number of fused-ring (bicyclic) bond motifs is 2. The van der Waals surface area contributed by atoms with E-state index in [1.165, 1.54) is 5.56 Å². The number of rotatable bonds is 10. The first-order valence-electron chi connectivity index (χ1n) is 13.0. The molecule has 190 valence electrons. The number of carbonyl (C=O) groups is 1. The Balaban J connectivity index is 1.25. The molecule has 3 fully saturated rings. The number of piperidine rings is 1. The fraction of sp³-hybridized carbons (Fsp3) is 0.741. The Labute approximate surface area is 214 Å². The Morgan fingerprint density at radius 1 is 1.21 bits per heavy atom. The molecule has 34 heavy (non-hydrogen) atoms. The molecule has 1 N–H and O–H groups in total. The molecule has 2 aliphatic heterocycles. The van der Waals surface area contributed by atoms with Gasteiger partial charge in [0, 0.05) is 33.9 Å². The topological polar surface area (TPSA) is 59.0 Å². The highest BCUT2D eigenvalue weighted by atomic mass is 35.5. The molecule has 0 bridgehead atoms. The van der Waals surface area contributed by atoms with E-state index in [1.54, 1.807) is 0 Å². The lowest BCUT2D eigenvalue weighted by atomic mass is 9.64. The minimum atomic E-state index is -0.701. The molecule has 5 nitrogen and oxygen atoms in total. The zero-order valence-corrected chi connectivity index (χ0v) is 21.9. The van der Waals surface area contributed by atoms with Crippen molar-refractivity contribution in [1.29, 1.82) is 0 Å². The molecule has 1 saturated carbocycles. The van der Waals surface area contributed by atoms with Gasteiger partial charge in [-0.15, -0.1) is 0 Å². The van der Waals surface area contributed by atoms with E-state index in [0.717, 1.165) is 89.6 Å². The van der Waals surface area contributed by atoms with Crippen LogP contribution in [0.2, 0.25) is 10.0 Å². The van der Waals surface area contributed by atoms with Crippen molar-refractivity contribution in [2.24, 2.45) is 11.3 Å². The number of aliphatic carboxylic acids is 1. The van der Waals surface area contributed by atoms with Gasteiger partial charge in [0.05, 0.1) is 25.4 Å². The third-order valence-electron chi connectivity index (χ3n) is 8.32. The number of nitrogens with zero attached hydrogens (tertiary/aromatic N) is 1. The minimum absolute atomic E-state index is 0.180. The molecule has 1 aromatic carbocycles. The molecule has 1 aromatic rings. The van der Waals surface area contributed by atoms with Crippen molar-refractivity contribution in [3.05, 3.63) is 33.3 Å². The lowest BCUT2D eigenvalue weighted by molar-refractivity contribution is -0.137. The van der Waals surface area contributed by atoms with Gasteiger partial charge < -0.3 is 19.5 Å². The summed E-state index contributed by atoms with van der Waals surface area (Å²) in [4.78, 5) is 13.2. The normalized spacial score (nSPS) is 26.6. The third kappa shape index (κ3) is 6.28. The summed E-state index contributed by atoms with van der Waals surface area (Å²) >= 11 is 13.1. The zero-order chi connectivity index (χ0) is 24.1. The van der Waals surface area contributed by atoms with Gasteiger partial charge in [0.15, 0.2) is 0 Å². The molecule has 3 unspecified atom stereocenters. The molecule has 7 heteroatoms. The van der Waals surface area contributed by atoms with Crippen LogP contribution in [0.5, 0.6) is 0 Å². The van der Waals surface area contributed by atoms with Crippen LogP contribution in [0.4, 0.5) is 0 Å². The summed E-state index contributed by atoms with van der Waals surface area (Å²) in [5.41, 5.74) is 2.38. The number of carboxylic acids is 1. The van der Waals surface area contributed by atoms with Crippen molar-refractivity contribution in [2.45, 2.75) is 89.9 Å².